The normalized spacial score (nSPS) is 10.6. The van der Waals surface area contributed by atoms with E-state index in [1.54, 1.807) is 37.6 Å². The first-order chi connectivity index (χ1) is 11.6. The number of hydrogen-bond donors (Lipinski definition) is 2. The summed E-state index contributed by atoms with van der Waals surface area (Å²) in [5.74, 6) is 0.251. The van der Waals surface area contributed by atoms with Crippen LogP contribution in [0.5, 0.6) is 5.75 Å². The number of pyridine rings is 1. The molecule has 2 N–H and O–H groups in total. The van der Waals surface area contributed by atoms with Gasteiger partial charge in [-0.05, 0) is 29.8 Å². The number of halogens is 1. The Morgan fingerprint density at radius 1 is 1.38 bits per heavy atom. The second-order valence-electron chi connectivity index (χ2n) is 4.69. The van der Waals surface area contributed by atoms with Crippen molar-refractivity contribution < 1.29 is 9.53 Å². The maximum absolute atomic E-state index is 12.1. The van der Waals surface area contributed by atoms with Crippen LogP contribution in [-0.2, 0) is 11.3 Å². The van der Waals surface area contributed by atoms with E-state index in [1.165, 1.54) is 6.20 Å². The predicted molar refractivity (Wildman–Crippen MR) is 91.4 cm³/mol. The highest BCUT2D eigenvalue weighted by atomic mass is 35.5. The minimum absolute atomic E-state index is 0.0663. The van der Waals surface area contributed by atoms with E-state index in [2.05, 4.69) is 15.6 Å². The summed E-state index contributed by atoms with van der Waals surface area (Å²) in [5.41, 5.74) is 1.34. The van der Waals surface area contributed by atoms with Crippen LogP contribution in [0, 0.1) is 11.3 Å². The highest BCUT2D eigenvalue weighted by Crippen LogP contribution is 2.17. The molecule has 1 aromatic carbocycles. The molecule has 0 atom stereocenters. The van der Waals surface area contributed by atoms with Crippen LogP contribution in [0.4, 0.5) is 5.69 Å². The number of amides is 1. The van der Waals surface area contributed by atoms with Crippen LogP contribution >= 0.6 is 11.6 Å². The van der Waals surface area contributed by atoms with Crippen LogP contribution < -0.4 is 15.4 Å². The summed E-state index contributed by atoms with van der Waals surface area (Å²) in [7, 11) is 1.59. The van der Waals surface area contributed by atoms with E-state index in [4.69, 9.17) is 21.6 Å². The Bertz CT molecular complexity index is 782. The van der Waals surface area contributed by atoms with Gasteiger partial charge in [-0.25, -0.2) is 4.98 Å². The van der Waals surface area contributed by atoms with Gasteiger partial charge in [-0.1, -0.05) is 23.7 Å². The largest absolute Gasteiger partial charge is 0.497 e. The molecule has 0 saturated carbocycles. The number of carbonyl (C=O) groups excluding carboxylic acids is 1. The van der Waals surface area contributed by atoms with Crippen LogP contribution in [0.2, 0.25) is 5.15 Å². The summed E-state index contributed by atoms with van der Waals surface area (Å²) in [5, 5.41) is 14.9. The Balaban J connectivity index is 1.97. The Morgan fingerprint density at radius 2 is 2.12 bits per heavy atom. The average Bonchev–Trinajstić information content (AvgIpc) is 2.62. The van der Waals surface area contributed by atoms with E-state index in [0.717, 1.165) is 11.3 Å². The molecule has 1 heterocycles. The number of methoxy groups -OCH3 is 1. The molecule has 0 unspecified atom stereocenters. The van der Waals surface area contributed by atoms with Crippen molar-refractivity contribution in [2.24, 2.45) is 0 Å². The van der Waals surface area contributed by atoms with Crippen molar-refractivity contribution in [1.29, 1.82) is 5.26 Å². The minimum Gasteiger partial charge on any atom is -0.497 e. The summed E-state index contributed by atoms with van der Waals surface area (Å²) in [6, 6.07) is 12.5. The topological polar surface area (TPSA) is 87.0 Å². The number of nitrogens with one attached hydrogen (secondary N) is 2. The summed E-state index contributed by atoms with van der Waals surface area (Å²) in [4.78, 5) is 16.0. The fourth-order valence-corrected chi connectivity index (χ4v) is 1.99. The van der Waals surface area contributed by atoms with Crippen LogP contribution in [0.25, 0.3) is 0 Å². The third-order valence-electron chi connectivity index (χ3n) is 3.11. The number of anilines is 1. The van der Waals surface area contributed by atoms with Gasteiger partial charge in [0.05, 0.1) is 12.8 Å². The Kier molecular flexibility index (Phi) is 6.17. The van der Waals surface area contributed by atoms with Crippen molar-refractivity contribution in [3.63, 3.8) is 0 Å². The summed E-state index contributed by atoms with van der Waals surface area (Å²) >= 11 is 5.90. The lowest BCUT2D eigenvalue weighted by Gasteiger charge is -2.07. The summed E-state index contributed by atoms with van der Waals surface area (Å²) in [6.45, 7) is 0.301. The predicted octanol–water partition coefficient (Wildman–Crippen LogP) is 2.88. The highest BCUT2D eigenvalue weighted by molar-refractivity contribution is 6.32. The van der Waals surface area contributed by atoms with E-state index in [9.17, 15) is 4.79 Å². The zero-order valence-electron chi connectivity index (χ0n) is 12.9. The monoisotopic (exact) mass is 342 g/mol. The lowest BCUT2D eigenvalue weighted by molar-refractivity contribution is -0.117. The van der Waals surface area contributed by atoms with Gasteiger partial charge >= 0.3 is 0 Å². The van der Waals surface area contributed by atoms with Crippen molar-refractivity contribution in [1.82, 2.24) is 10.3 Å². The first-order valence-electron chi connectivity index (χ1n) is 7.02. The van der Waals surface area contributed by atoms with Crippen LogP contribution in [0.15, 0.2) is 54.4 Å². The third kappa shape index (κ3) is 4.73. The van der Waals surface area contributed by atoms with Crippen molar-refractivity contribution in [2.45, 2.75) is 6.54 Å². The molecule has 0 fully saturated rings. The zero-order valence-corrected chi connectivity index (χ0v) is 13.7. The Hall–Kier alpha value is -3.04. The van der Waals surface area contributed by atoms with Gasteiger partial charge in [0.1, 0.15) is 17.4 Å². The number of benzene rings is 1. The smallest absolute Gasteiger partial charge is 0.263 e. The summed E-state index contributed by atoms with van der Waals surface area (Å²) < 4.78 is 5.07. The molecule has 7 heteroatoms. The van der Waals surface area contributed by atoms with Crippen molar-refractivity contribution in [3.05, 3.63) is 65.1 Å². The first-order valence-corrected chi connectivity index (χ1v) is 7.40. The van der Waals surface area contributed by atoms with E-state index >= 15 is 0 Å². The molecule has 0 aliphatic rings. The van der Waals surface area contributed by atoms with Crippen molar-refractivity contribution in [3.8, 4) is 11.8 Å². The first kappa shape index (κ1) is 17.3. The molecule has 6 nitrogen and oxygen atoms in total. The molecular formula is C17H15ClN4O2. The van der Waals surface area contributed by atoms with E-state index in [0.29, 0.717) is 12.2 Å². The molecule has 0 radical (unpaired) electrons. The van der Waals surface area contributed by atoms with Gasteiger partial charge in [-0.3, -0.25) is 4.79 Å². The second kappa shape index (κ2) is 8.56. The van der Waals surface area contributed by atoms with Gasteiger partial charge in [0, 0.05) is 18.9 Å². The average molecular weight is 343 g/mol. The molecule has 24 heavy (non-hydrogen) atoms. The Morgan fingerprint density at radius 3 is 2.75 bits per heavy atom. The quantitative estimate of drug-likeness (QED) is 0.479. The molecule has 122 valence electrons. The van der Waals surface area contributed by atoms with Crippen molar-refractivity contribution in [2.75, 3.05) is 12.4 Å². The van der Waals surface area contributed by atoms with Gasteiger partial charge in [0.25, 0.3) is 5.91 Å². The Labute approximate surface area is 144 Å². The molecule has 1 aromatic heterocycles. The fraction of sp³-hybridized carbons (Fsp3) is 0.118. The van der Waals surface area contributed by atoms with Gasteiger partial charge in [0.2, 0.25) is 0 Å². The lowest BCUT2D eigenvalue weighted by atomic mass is 10.2. The molecule has 0 saturated heterocycles. The molecule has 0 spiro atoms. The van der Waals surface area contributed by atoms with E-state index in [-0.39, 0.29) is 10.7 Å². The van der Waals surface area contributed by atoms with Crippen LogP contribution in [-0.4, -0.2) is 18.0 Å². The van der Waals surface area contributed by atoms with Crippen LogP contribution in [0.3, 0.4) is 0 Å². The lowest BCUT2D eigenvalue weighted by Crippen LogP contribution is -2.24. The molecule has 2 rings (SSSR count). The molecule has 1 amide bonds. The molecule has 0 bridgehead atoms. The van der Waals surface area contributed by atoms with E-state index in [1.807, 2.05) is 18.2 Å². The number of nitrogens with zero attached hydrogens (tertiary/aromatic N) is 2. The van der Waals surface area contributed by atoms with Crippen molar-refractivity contribution >= 4 is 23.2 Å². The van der Waals surface area contributed by atoms with E-state index < -0.39 is 5.91 Å². The number of aromatic nitrogens is 1. The number of hydrogen-bond acceptors (Lipinski definition) is 5. The minimum atomic E-state index is -0.485. The van der Waals surface area contributed by atoms with Gasteiger partial charge in [0.15, 0.2) is 5.15 Å². The maximum atomic E-state index is 12.1. The highest BCUT2D eigenvalue weighted by Gasteiger charge is 2.09. The SMILES string of the molecule is COc1ccc(CNC(=O)/C(C#N)=C\Nc2cccnc2Cl)cc1. The second-order valence-corrected chi connectivity index (χ2v) is 5.04. The molecule has 0 aliphatic heterocycles. The standard InChI is InChI=1S/C17H15ClN4O2/c1-24-14-6-4-12(5-7-14)10-22-17(23)13(9-19)11-21-15-3-2-8-20-16(15)18/h2-8,11,21H,10H2,1H3,(H,22,23)/b13-11-. The fourth-order valence-electron chi connectivity index (χ4n) is 1.81. The number of ether oxygens (including phenoxy) is 1. The van der Waals surface area contributed by atoms with Gasteiger partial charge in [-0.15, -0.1) is 0 Å². The molecule has 0 aliphatic carbocycles. The zero-order chi connectivity index (χ0) is 17.4. The maximum Gasteiger partial charge on any atom is 0.263 e. The number of carbonyl (C=O) groups is 1. The van der Waals surface area contributed by atoms with Crippen LogP contribution in [0.1, 0.15) is 5.56 Å². The summed E-state index contributed by atoms with van der Waals surface area (Å²) in [6.07, 6.45) is 2.84. The number of rotatable bonds is 6. The third-order valence-corrected chi connectivity index (χ3v) is 3.41. The molecular weight excluding hydrogens is 328 g/mol. The molecule has 2 aromatic rings. The van der Waals surface area contributed by atoms with Gasteiger partial charge in [-0.2, -0.15) is 5.26 Å². The van der Waals surface area contributed by atoms with Gasteiger partial charge < -0.3 is 15.4 Å². The number of nitriles is 1.